The molecule has 0 saturated heterocycles. The summed E-state index contributed by atoms with van der Waals surface area (Å²) in [5, 5.41) is 6.26. The van der Waals surface area contributed by atoms with Crippen LogP contribution in [0, 0.1) is 0 Å². The van der Waals surface area contributed by atoms with Gasteiger partial charge in [-0.1, -0.05) is 30.3 Å². The van der Waals surface area contributed by atoms with Crippen molar-refractivity contribution in [2.45, 2.75) is 39.3 Å². The van der Waals surface area contributed by atoms with Crippen molar-refractivity contribution < 1.29 is 14.3 Å². The Morgan fingerprint density at radius 3 is 2.77 bits per heavy atom. The van der Waals surface area contributed by atoms with Crippen molar-refractivity contribution in [1.29, 1.82) is 0 Å². The molecule has 0 bridgehead atoms. The zero-order valence-corrected chi connectivity index (χ0v) is 15.9. The zero-order valence-electron chi connectivity index (χ0n) is 15.1. The lowest BCUT2D eigenvalue weighted by molar-refractivity contribution is -0.132. The van der Waals surface area contributed by atoms with E-state index in [1.54, 1.807) is 14.0 Å². The van der Waals surface area contributed by atoms with Gasteiger partial charge in [-0.05, 0) is 41.3 Å². The molecule has 5 nitrogen and oxygen atoms in total. The van der Waals surface area contributed by atoms with Gasteiger partial charge in [-0.3, -0.25) is 4.79 Å². The van der Waals surface area contributed by atoms with Gasteiger partial charge in [-0.15, -0.1) is 12.4 Å². The van der Waals surface area contributed by atoms with Gasteiger partial charge < -0.3 is 20.1 Å². The number of halogens is 1. The van der Waals surface area contributed by atoms with Crippen molar-refractivity contribution in [2.24, 2.45) is 0 Å². The maximum atomic E-state index is 12.2. The van der Waals surface area contributed by atoms with Gasteiger partial charge in [0, 0.05) is 19.6 Å². The first-order valence-corrected chi connectivity index (χ1v) is 8.49. The molecule has 0 aliphatic carbocycles. The van der Waals surface area contributed by atoms with E-state index in [4.69, 9.17) is 9.47 Å². The lowest BCUT2D eigenvalue weighted by Gasteiger charge is -2.14. The summed E-state index contributed by atoms with van der Waals surface area (Å²) in [4.78, 5) is 12.2. The molecule has 0 fully saturated rings. The second-order valence-corrected chi connectivity index (χ2v) is 6.23. The highest BCUT2D eigenvalue weighted by Crippen LogP contribution is 2.17. The number of carbonyl (C=O) groups is 1. The second-order valence-electron chi connectivity index (χ2n) is 6.23. The topological polar surface area (TPSA) is 59.6 Å². The second kappa shape index (κ2) is 9.57. The number of ether oxygens (including phenoxy) is 2. The predicted octanol–water partition coefficient (Wildman–Crippen LogP) is 2.94. The Morgan fingerprint density at radius 1 is 1.15 bits per heavy atom. The molecule has 0 aromatic heterocycles. The normalized spacial score (nSPS) is 13.5. The van der Waals surface area contributed by atoms with Gasteiger partial charge in [-0.2, -0.15) is 0 Å². The molecule has 140 valence electrons. The van der Waals surface area contributed by atoms with E-state index >= 15 is 0 Å². The monoisotopic (exact) mass is 376 g/mol. The third-order valence-electron chi connectivity index (χ3n) is 4.37. The largest absolute Gasteiger partial charge is 0.497 e. The molecule has 6 heteroatoms. The minimum absolute atomic E-state index is 0. The average Bonchev–Trinajstić information content (AvgIpc) is 3.12. The van der Waals surface area contributed by atoms with E-state index in [0.29, 0.717) is 13.2 Å². The Kier molecular flexibility index (Phi) is 7.45. The van der Waals surface area contributed by atoms with Gasteiger partial charge in [0.05, 0.1) is 13.7 Å². The number of benzene rings is 2. The van der Waals surface area contributed by atoms with Gasteiger partial charge in [0.15, 0.2) is 0 Å². The number of hydrogen-bond acceptors (Lipinski definition) is 4. The Hall–Kier alpha value is -2.08. The summed E-state index contributed by atoms with van der Waals surface area (Å²) in [7, 11) is 1.63. The van der Waals surface area contributed by atoms with Gasteiger partial charge >= 0.3 is 0 Å². The molecule has 2 aromatic carbocycles. The number of amides is 1. The van der Waals surface area contributed by atoms with Crippen molar-refractivity contribution in [2.75, 3.05) is 7.11 Å². The van der Waals surface area contributed by atoms with Crippen LogP contribution in [0.1, 0.15) is 29.2 Å². The fourth-order valence-electron chi connectivity index (χ4n) is 2.85. The number of methoxy groups -OCH3 is 1. The van der Waals surface area contributed by atoms with Crippen molar-refractivity contribution in [3.8, 4) is 5.75 Å². The molecule has 1 atom stereocenters. The Morgan fingerprint density at radius 2 is 1.96 bits per heavy atom. The van der Waals surface area contributed by atoms with Gasteiger partial charge in [0.25, 0.3) is 0 Å². The minimum atomic E-state index is -0.512. The van der Waals surface area contributed by atoms with Crippen LogP contribution in [0.5, 0.6) is 5.75 Å². The van der Waals surface area contributed by atoms with Crippen LogP contribution in [0.15, 0.2) is 42.5 Å². The molecule has 0 radical (unpaired) electrons. The first-order chi connectivity index (χ1) is 12.2. The molecule has 1 heterocycles. The Balaban J connectivity index is 0.00000243. The molecule has 1 aliphatic heterocycles. The predicted molar refractivity (Wildman–Crippen MR) is 103 cm³/mol. The third kappa shape index (κ3) is 5.21. The molecular weight excluding hydrogens is 352 g/mol. The highest BCUT2D eigenvalue weighted by Gasteiger charge is 2.14. The summed E-state index contributed by atoms with van der Waals surface area (Å²) in [5.74, 6) is 0.672. The third-order valence-corrected chi connectivity index (χ3v) is 4.37. The number of rotatable bonds is 7. The molecule has 2 aromatic rings. The zero-order chi connectivity index (χ0) is 17.6. The molecule has 1 unspecified atom stereocenters. The highest BCUT2D eigenvalue weighted by molar-refractivity contribution is 5.85. The molecule has 0 spiro atoms. The molecule has 0 saturated carbocycles. The Bertz CT molecular complexity index is 752. The lowest BCUT2D eigenvalue weighted by atomic mass is 10.1. The molecule has 2 N–H and O–H groups in total. The van der Waals surface area contributed by atoms with E-state index < -0.39 is 6.10 Å². The lowest BCUT2D eigenvalue weighted by Crippen LogP contribution is -2.34. The smallest absolute Gasteiger partial charge is 0.249 e. The SMILES string of the molecule is COc1cccc(COC(C)C(=O)NCc2ccc3c(c2)CNC3)c1.Cl. The van der Waals surface area contributed by atoms with Crippen LogP contribution in [0.25, 0.3) is 0 Å². The maximum Gasteiger partial charge on any atom is 0.249 e. The van der Waals surface area contributed by atoms with E-state index in [1.807, 2.05) is 24.3 Å². The maximum absolute atomic E-state index is 12.2. The Labute approximate surface area is 160 Å². The van der Waals surface area contributed by atoms with Crippen LogP contribution in [0.3, 0.4) is 0 Å². The summed E-state index contributed by atoms with van der Waals surface area (Å²) in [5.41, 5.74) is 4.74. The van der Waals surface area contributed by atoms with Gasteiger partial charge in [0.2, 0.25) is 5.91 Å². The van der Waals surface area contributed by atoms with Crippen molar-refractivity contribution >= 4 is 18.3 Å². The molecule has 1 amide bonds. The van der Waals surface area contributed by atoms with E-state index in [2.05, 4.69) is 28.8 Å². The average molecular weight is 377 g/mol. The summed E-state index contributed by atoms with van der Waals surface area (Å²) in [6, 6.07) is 14.0. The highest BCUT2D eigenvalue weighted by atomic mass is 35.5. The van der Waals surface area contributed by atoms with Crippen molar-refractivity contribution in [3.63, 3.8) is 0 Å². The number of carbonyl (C=O) groups excluding carboxylic acids is 1. The fraction of sp³-hybridized carbons (Fsp3) is 0.350. The summed E-state index contributed by atoms with van der Waals surface area (Å²) in [6.45, 7) is 4.48. The summed E-state index contributed by atoms with van der Waals surface area (Å²) < 4.78 is 10.9. The molecule has 26 heavy (non-hydrogen) atoms. The van der Waals surface area contributed by atoms with Gasteiger partial charge in [-0.25, -0.2) is 0 Å². The molecule has 1 aliphatic rings. The number of nitrogens with one attached hydrogen (secondary N) is 2. The van der Waals surface area contributed by atoms with Crippen molar-refractivity contribution in [3.05, 3.63) is 64.7 Å². The van der Waals surface area contributed by atoms with Crippen LogP contribution in [-0.2, 0) is 35.8 Å². The van der Waals surface area contributed by atoms with E-state index in [-0.39, 0.29) is 18.3 Å². The first-order valence-electron chi connectivity index (χ1n) is 8.49. The van der Waals surface area contributed by atoms with Crippen LogP contribution < -0.4 is 15.4 Å². The number of fused-ring (bicyclic) bond motifs is 1. The van der Waals surface area contributed by atoms with Crippen LogP contribution in [0.4, 0.5) is 0 Å². The number of hydrogen-bond donors (Lipinski definition) is 2. The standard InChI is InChI=1S/C20H24N2O3.ClH/c1-14(25-13-16-4-3-5-19(9-16)24-2)20(23)22-10-15-6-7-17-11-21-12-18(17)8-15;/h3-9,14,21H,10-13H2,1-2H3,(H,22,23);1H. The first kappa shape index (κ1) is 20.2. The molecular formula is C20H25ClN2O3. The van der Waals surface area contributed by atoms with E-state index in [9.17, 15) is 4.79 Å². The van der Waals surface area contributed by atoms with Crippen LogP contribution >= 0.6 is 12.4 Å². The quantitative estimate of drug-likeness (QED) is 0.780. The summed E-state index contributed by atoms with van der Waals surface area (Å²) in [6.07, 6.45) is -0.512. The molecule has 3 rings (SSSR count). The van der Waals surface area contributed by atoms with Crippen molar-refractivity contribution in [1.82, 2.24) is 10.6 Å². The van der Waals surface area contributed by atoms with E-state index in [0.717, 1.165) is 30.0 Å². The van der Waals surface area contributed by atoms with Crippen LogP contribution in [0.2, 0.25) is 0 Å². The fourth-order valence-corrected chi connectivity index (χ4v) is 2.85. The van der Waals surface area contributed by atoms with Gasteiger partial charge in [0.1, 0.15) is 11.9 Å². The summed E-state index contributed by atoms with van der Waals surface area (Å²) >= 11 is 0. The minimum Gasteiger partial charge on any atom is -0.497 e. The van der Waals surface area contributed by atoms with Crippen LogP contribution in [-0.4, -0.2) is 19.1 Å². The van der Waals surface area contributed by atoms with E-state index in [1.165, 1.54) is 11.1 Å².